The lowest BCUT2D eigenvalue weighted by Crippen LogP contribution is -2.39. The number of halogens is 1. The highest BCUT2D eigenvalue weighted by Gasteiger charge is 2.29. The van der Waals surface area contributed by atoms with Gasteiger partial charge in [-0.15, -0.1) is 0 Å². The number of esters is 1. The van der Waals surface area contributed by atoms with E-state index in [1.54, 1.807) is 4.90 Å². The second-order valence-corrected chi connectivity index (χ2v) is 5.71. The van der Waals surface area contributed by atoms with Gasteiger partial charge >= 0.3 is 5.97 Å². The van der Waals surface area contributed by atoms with Crippen molar-refractivity contribution in [2.45, 2.75) is 32.2 Å². The first-order valence-electron chi connectivity index (χ1n) is 7.21. The molecule has 1 aromatic carbocycles. The molecule has 0 unspecified atom stereocenters. The molecular weight excluding hydrogens is 290 g/mol. The fraction of sp³-hybridized carbons (Fsp3) is 0.500. The summed E-state index contributed by atoms with van der Waals surface area (Å²) in [6.07, 6.45) is 3.19. The van der Waals surface area contributed by atoms with E-state index >= 15 is 0 Å². The van der Waals surface area contributed by atoms with Crippen molar-refractivity contribution in [1.82, 2.24) is 4.90 Å². The third-order valence-corrected chi connectivity index (χ3v) is 4.27. The predicted octanol–water partition coefficient (Wildman–Crippen LogP) is 3.03. The Balaban J connectivity index is 2.05. The number of nitrogens with zero attached hydrogens (tertiary/aromatic N) is 1. The Labute approximate surface area is 130 Å². The first-order valence-corrected chi connectivity index (χ1v) is 7.58. The molecule has 0 aromatic heterocycles. The lowest BCUT2D eigenvalue weighted by atomic mass is 9.84. The van der Waals surface area contributed by atoms with Gasteiger partial charge in [-0.2, -0.15) is 0 Å². The van der Waals surface area contributed by atoms with E-state index < -0.39 is 0 Å². The summed E-state index contributed by atoms with van der Waals surface area (Å²) in [5.74, 6) is -0.0872. The summed E-state index contributed by atoms with van der Waals surface area (Å²) >= 11 is 6.16. The number of benzene rings is 1. The van der Waals surface area contributed by atoms with E-state index in [4.69, 9.17) is 11.6 Å². The molecule has 1 aliphatic rings. The van der Waals surface area contributed by atoms with E-state index in [-0.39, 0.29) is 24.2 Å². The summed E-state index contributed by atoms with van der Waals surface area (Å²) in [6.45, 7) is 0.805. The smallest absolute Gasteiger partial charge is 0.307 e. The zero-order valence-electron chi connectivity index (χ0n) is 12.2. The van der Waals surface area contributed by atoms with Crippen molar-refractivity contribution in [1.29, 1.82) is 0 Å². The van der Waals surface area contributed by atoms with Gasteiger partial charge in [0, 0.05) is 24.0 Å². The first-order chi connectivity index (χ1) is 10.1. The number of hydrogen-bond donors (Lipinski definition) is 0. The van der Waals surface area contributed by atoms with Crippen LogP contribution in [0.4, 0.5) is 0 Å². The highest BCUT2D eigenvalue weighted by atomic mass is 35.5. The molecule has 0 heterocycles. The van der Waals surface area contributed by atoms with Crippen LogP contribution in [0.5, 0.6) is 0 Å². The molecule has 0 spiro atoms. The molecule has 0 N–H and O–H groups in total. The van der Waals surface area contributed by atoms with Gasteiger partial charge in [-0.25, -0.2) is 0 Å². The third-order valence-electron chi connectivity index (χ3n) is 3.90. The number of carbonyl (C=O) groups is 2. The topological polar surface area (TPSA) is 46.6 Å². The van der Waals surface area contributed by atoms with E-state index in [0.29, 0.717) is 18.1 Å². The van der Waals surface area contributed by atoms with Gasteiger partial charge in [0.1, 0.15) is 0 Å². The molecule has 5 heteroatoms. The SMILES string of the molecule is COC(=O)CCN(Cc1ccccc1Cl)C(=O)C1CCC1. The predicted molar refractivity (Wildman–Crippen MR) is 80.8 cm³/mol. The van der Waals surface area contributed by atoms with Gasteiger partial charge in [0.05, 0.1) is 13.5 Å². The van der Waals surface area contributed by atoms with Crippen molar-refractivity contribution < 1.29 is 14.3 Å². The third kappa shape index (κ3) is 4.21. The van der Waals surface area contributed by atoms with Crippen molar-refractivity contribution in [3.8, 4) is 0 Å². The molecule has 4 nitrogen and oxygen atoms in total. The van der Waals surface area contributed by atoms with Crippen LogP contribution in [0, 0.1) is 5.92 Å². The lowest BCUT2D eigenvalue weighted by Gasteiger charge is -2.31. The number of ether oxygens (including phenoxy) is 1. The maximum atomic E-state index is 12.5. The molecule has 114 valence electrons. The molecule has 0 aliphatic heterocycles. The molecule has 1 aliphatic carbocycles. The number of rotatable bonds is 6. The van der Waals surface area contributed by atoms with Crippen molar-refractivity contribution in [3.05, 3.63) is 34.9 Å². The Kier molecular flexibility index (Phi) is 5.62. The number of amides is 1. The summed E-state index contributed by atoms with van der Waals surface area (Å²) < 4.78 is 4.65. The van der Waals surface area contributed by atoms with Gasteiger partial charge in [-0.05, 0) is 24.5 Å². The van der Waals surface area contributed by atoms with E-state index in [1.807, 2.05) is 24.3 Å². The Bertz CT molecular complexity index is 514. The quantitative estimate of drug-likeness (QED) is 0.759. The summed E-state index contributed by atoms with van der Waals surface area (Å²) in [5, 5.41) is 0.641. The summed E-state index contributed by atoms with van der Waals surface area (Å²) in [4.78, 5) is 25.5. The van der Waals surface area contributed by atoms with Gasteiger partial charge in [0.2, 0.25) is 5.91 Å². The lowest BCUT2D eigenvalue weighted by molar-refractivity contribution is -0.143. The molecule has 1 aromatic rings. The van der Waals surface area contributed by atoms with Crippen LogP contribution in [0.25, 0.3) is 0 Å². The van der Waals surface area contributed by atoms with Crippen LogP contribution in [0.3, 0.4) is 0 Å². The summed E-state index contributed by atoms with van der Waals surface area (Å²) in [6, 6.07) is 7.47. The highest BCUT2D eigenvalue weighted by molar-refractivity contribution is 6.31. The molecular formula is C16H20ClNO3. The molecule has 1 amide bonds. The maximum absolute atomic E-state index is 12.5. The van der Waals surface area contributed by atoms with Crippen molar-refractivity contribution in [2.24, 2.45) is 5.92 Å². The Hall–Kier alpha value is -1.55. The average molecular weight is 310 g/mol. The van der Waals surface area contributed by atoms with E-state index in [1.165, 1.54) is 7.11 Å². The standard InChI is InChI=1S/C16H20ClNO3/c1-21-15(19)9-10-18(16(20)12-6-4-7-12)11-13-5-2-3-8-14(13)17/h2-3,5,8,12H,4,6-7,9-11H2,1H3. The van der Waals surface area contributed by atoms with Crippen molar-refractivity contribution >= 4 is 23.5 Å². The molecule has 1 saturated carbocycles. The second kappa shape index (κ2) is 7.46. The Morgan fingerprint density at radius 3 is 2.62 bits per heavy atom. The van der Waals surface area contributed by atoms with E-state index in [0.717, 1.165) is 24.8 Å². The fourth-order valence-electron chi connectivity index (χ4n) is 2.34. The van der Waals surface area contributed by atoms with Crippen LogP contribution in [0.15, 0.2) is 24.3 Å². The van der Waals surface area contributed by atoms with Crippen molar-refractivity contribution in [2.75, 3.05) is 13.7 Å². The van der Waals surface area contributed by atoms with Gasteiger partial charge in [0.15, 0.2) is 0 Å². The molecule has 1 fully saturated rings. The van der Waals surface area contributed by atoms with E-state index in [2.05, 4.69) is 4.74 Å². The molecule has 0 radical (unpaired) electrons. The fourth-order valence-corrected chi connectivity index (χ4v) is 2.54. The monoisotopic (exact) mass is 309 g/mol. The average Bonchev–Trinajstić information content (AvgIpc) is 2.42. The van der Waals surface area contributed by atoms with Gasteiger partial charge < -0.3 is 9.64 Å². The van der Waals surface area contributed by atoms with Gasteiger partial charge in [-0.1, -0.05) is 36.2 Å². The van der Waals surface area contributed by atoms with Crippen LogP contribution in [-0.2, 0) is 20.9 Å². The first kappa shape index (κ1) is 15.8. The molecule has 0 saturated heterocycles. The minimum absolute atomic E-state index is 0.102. The number of methoxy groups -OCH3 is 1. The van der Waals surface area contributed by atoms with Crippen LogP contribution in [0.1, 0.15) is 31.2 Å². The molecule has 21 heavy (non-hydrogen) atoms. The zero-order chi connectivity index (χ0) is 15.2. The van der Waals surface area contributed by atoms with E-state index in [9.17, 15) is 9.59 Å². The van der Waals surface area contributed by atoms with Crippen LogP contribution < -0.4 is 0 Å². The molecule has 0 bridgehead atoms. The second-order valence-electron chi connectivity index (χ2n) is 5.31. The normalized spacial score (nSPS) is 14.4. The highest BCUT2D eigenvalue weighted by Crippen LogP contribution is 2.29. The minimum atomic E-state index is -0.305. The Morgan fingerprint density at radius 2 is 2.05 bits per heavy atom. The number of hydrogen-bond acceptors (Lipinski definition) is 3. The molecule has 0 atom stereocenters. The Morgan fingerprint density at radius 1 is 1.33 bits per heavy atom. The largest absolute Gasteiger partial charge is 0.469 e. The van der Waals surface area contributed by atoms with Gasteiger partial charge in [-0.3, -0.25) is 9.59 Å². The van der Waals surface area contributed by atoms with Gasteiger partial charge in [0.25, 0.3) is 0 Å². The summed E-state index contributed by atoms with van der Waals surface area (Å²) in [7, 11) is 1.36. The molecule has 2 rings (SSSR count). The van der Waals surface area contributed by atoms with Crippen LogP contribution in [-0.4, -0.2) is 30.4 Å². The zero-order valence-corrected chi connectivity index (χ0v) is 12.9. The minimum Gasteiger partial charge on any atom is -0.469 e. The number of carbonyl (C=O) groups excluding carboxylic acids is 2. The van der Waals surface area contributed by atoms with Crippen LogP contribution in [0.2, 0.25) is 5.02 Å². The maximum Gasteiger partial charge on any atom is 0.307 e. The summed E-state index contributed by atoms with van der Waals surface area (Å²) in [5.41, 5.74) is 0.900. The van der Waals surface area contributed by atoms with Crippen LogP contribution >= 0.6 is 11.6 Å². The van der Waals surface area contributed by atoms with Crippen molar-refractivity contribution in [3.63, 3.8) is 0 Å².